The zero-order valence-corrected chi connectivity index (χ0v) is 49.5. The van der Waals surface area contributed by atoms with Crippen molar-refractivity contribution in [3.63, 3.8) is 0 Å². The van der Waals surface area contributed by atoms with Gasteiger partial charge in [0, 0.05) is 6.42 Å². The van der Waals surface area contributed by atoms with Crippen LogP contribution in [0.3, 0.4) is 0 Å². The Morgan fingerprint density at radius 2 is 0.592 bits per heavy atom. The normalized spacial score (nSPS) is 13.9. The van der Waals surface area contributed by atoms with E-state index in [1.807, 2.05) is 6.08 Å². The molecule has 0 saturated heterocycles. The smallest absolute Gasteiger partial charge is 0.220 e. The number of nitrogens with one attached hydrogen (secondary N) is 1. The summed E-state index contributed by atoms with van der Waals surface area (Å²) in [7, 11) is 0. The van der Waals surface area contributed by atoms with E-state index in [0.717, 1.165) is 116 Å². The van der Waals surface area contributed by atoms with Gasteiger partial charge in [0.05, 0.1) is 18.8 Å². The van der Waals surface area contributed by atoms with Gasteiger partial charge in [-0.1, -0.05) is 300 Å². The van der Waals surface area contributed by atoms with E-state index in [1.54, 1.807) is 6.08 Å². The first-order chi connectivity index (χ1) is 37.7. The molecule has 0 aromatic heterocycles. The number of rotatable bonds is 56. The molecule has 0 saturated carbocycles. The average Bonchev–Trinajstić information content (AvgIpc) is 3.42. The van der Waals surface area contributed by atoms with E-state index < -0.39 is 12.1 Å². The summed E-state index contributed by atoms with van der Waals surface area (Å²) in [6.45, 7) is 4.18. The molecule has 0 heterocycles. The molecule has 2 atom stereocenters. The topological polar surface area (TPSA) is 69.6 Å². The molecule has 0 aliphatic heterocycles. The van der Waals surface area contributed by atoms with Crippen LogP contribution in [-0.4, -0.2) is 34.9 Å². The highest BCUT2D eigenvalue weighted by Crippen LogP contribution is 2.15. The van der Waals surface area contributed by atoms with Crippen molar-refractivity contribution < 1.29 is 15.0 Å². The fourth-order valence-electron chi connectivity index (χ4n) is 8.71. The first kappa shape index (κ1) is 72.0. The van der Waals surface area contributed by atoms with Gasteiger partial charge in [0.1, 0.15) is 0 Å². The fourth-order valence-corrected chi connectivity index (χ4v) is 8.71. The number of allylic oxidation sites excluding steroid dienone is 25. The van der Waals surface area contributed by atoms with Gasteiger partial charge in [0.2, 0.25) is 5.91 Å². The molecule has 76 heavy (non-hydrogen) atoms. The van der Waals surface area contributed by atoms with Crippen molar-refractivity contribution >= 4 is 5.91 Å². The summed E-state index contributed by atoms with van der Waals surface area (Å²) in [4.78, 5) is 12.5. The van der Waals surface area contributed by atoms with Crippen molar-refractivity contribution in [2.24, 2.45) is 0 Å². The third-order valence-corrected chi connectivity index (χ3v) is 13.5. The minimum Gasteiger partial charge on any atom is -0.394 e. The number of hydrogen-bond donors (Lipinski definition) is 3. The number of hydrogen-bond acceptors (Lipinski definition) is 3. The highest BCUT2D eigenvalue weighted by Gasteiger charge is 2.18. The lowest BCUT2D eigenvalue weighted by Gasteiger charge is -2.19. The molecule has 3 N–H and O–H groups in total. The lowest BCUT2D eigenvalue weighted by atomic mass is 10.0. The van der Waals surface area contributed by atoms with Gasteiger partial charge < -0.3 is 15.5 Å². The fraction of sp³-hybridized carbons (Fsp3) is 0.625. The second kappa shape index (κ2) is 65.3. The Labute approximate surface area is 471 Å². The highest BCUT2D eigenvalue weighted by molar-refractivity contribution is 5.76. The lowest BCUT2D eigenvalue weighted by Crippen LogP contribution is -2.45. The predicted molar refractivity (Wildman–Crippen MR) is 340 cm³/mol. The summed E-state index contributed by atoms with van der Waals surface area (Å²) in [5.41, 5.74) is 0. The SMILES string of the molecule is CC/C=C\C/C=C\C/C=C\C/C=C\C/C=C\C/C=C\C/C=C\C/C=C\C/C=C\C/C=C\CCCCCCCCCCC(=O)NC(CO)C(O)/C=C/CC/C=C/CC/C=C/CCCCCCCCCCCCCCCCC. The Morgan fingerprint density at radius 1 is 0.329 bits per heavy atom. The van der Waals surface area contributed by atoms with Gasteiger partial charge in [-0.15, -0.1) is 0 Å². The third kappa shape index (κ3) is 60.9. The standard InChI is InChI=1S/C72H119NO3/c1-3-5-7-9-11-13-15-17-19-21-23-25-27-29-30-31-32-33-34-35-36-37-38-39-40-41-42-44-46-48-50-52-54-56-58-60-62-64-66-68-72(76)73-70(69-74)71(75)67-65-63-61-59-57-55-53-51-49-47-45-43-28-26-24-22-20-18-16-14-12-10-8-6-4-2/h5,7,11,13,17,19,23,25,29-30,32-33,35-36,38-39,41-42,46,48-49,51,57,59,65,67,70-71,74-75H,3-4,6,8-10,12,14-16,18,20-22,24,26-28,31,34,37,40,43-45,47,50,52-56,58,60-64,66,68-69H2,1-2H3,(H,73,76)/b7-5-,13-11-,19-17-,25-23-,30-29-,33-32-,36-35-,39-38-,42-41-,48-46-,51-49+,59-57+,67-65+. The molecule has 0 aliphatic rings. The van der Waals surface area contributed by atoms with Gasteiger partial charge in [-0.05, 0) is 122 Å². The molecule has 4 heteroatoms. The molecular weight excluding hydrogens is 927 g/mol. The van der Waals surface area contributed by atoms with E-state index in [4.69, 9.17) is 0 Å². The Hall–Kier alpha value is -3.99. The average molecular weight is 1050 g/mol. The van der Waals surface area contributed by atoms with Crippen LogP contribution in [0.1, 0.15) is 271 Å². The quantitative estimate of drug-likeness (QED) is 0.0420. The molecule has 0 aliphatic carbocycles. The second-order valence-electron chi connectivity index (χ2n) is 20.7. The molecule has 0 radical (unpaired) electrons. The molecule has 1 amide bonds. The maximum absolute atomic E-state index is 12.5. The minimum absolute atomic E-state index is 0.0916. The number of amides is 1. The van der Waals surface area contributed by atoms with E-state index in [1.165, 1.54) is 135 Å². The van der Waals surface area contributed by atoms with Crippen molar-refractivity contribution in [3.05, 3.63) is 158 Å². The van der Waals surface area contributed by atoms with Gasteiger partial charge in [0.15, 0.2) is 0 Å². The summed E-state index contributed by atoms with van der Waals surface area (Å²) in [6, 6.07) is -0.663. The van der Waals surface area contributed by atoms with Crippen LogP contribution in [0.25, 0.3) is 0 Å². The maximum atomic E-state index is 12.5. The summed E-state index contributed by atoms with van der Waals surface area (Å²) in [5.74, 6) is -0.0916. The van der Waals surface area contributed by atoms with Gasteiger partial charge >= 0.3 is 0 Å². The first-order valence-electron chi connectivity index (χ1n) is 31.7. The molecule has 0 spiro atoms. The van der Waals surface area contributed by atoms with E-state index in [0.29, 0.717) is 6.42 Å². The summed E-state index contributed by atoms with van der Waals surface area (Å²) in [5, 5.41) is 23.2. The van der Waals surface area contributed by atoms with Crippen LogP contribution in [0.4, 0.5) is 0 Å². The zero-order chi connectivity index (χ0) is 54.8. The maximum Gasteiger partial charge on any atom is 0.220 e. The van der Waals surface area contributed by atoms with Crippen LogP contribution in [0.5, 0.6) is 0 Å². The van der Waals surface area contributed by atoms with Crippen LogP contribution in [0.15, 0.2) is 158 Å². The molecule has 0 aromatic carbocycles. The molecular formula is C72H119NO3. The summed E-state index contributed by atoms with van der Waals surface area (Å²) >= 11 is 0. The largest absolute Gasteiger partial charge is 0.394 e. The molecule has 0 fully saturated rings. The van der Waals surface area contributed by atoms with Crippen LogP contribution in [-0.2, 0) is 4.79 Å². The van der Waals surface area contributed by atoms with Gasteiger partial charge in [-0.25, -0.2) is 0 Å². The molecule has 2 unspecified atom stereocenters. The Kier molecular flexibility index (Phi) is 61.9. The number of carbonyl (C=O) groups is 1. The lowest BCUT2D eigenvalue weighted by molar-refractivity contribution is -0.123. The summed E-state index contributed by atoms with van der Waals surface area (Å²) < 4.78 is 0. The minimum atomic E-state index is -0.886. The van der Waals surface area contributed by atoms with Gasteiger partial charge in [-0.2, -0.15) is 0 Å². The van der Waals surface area contributed by atoms with Gasteiger partial charge in [0.25, 0.3) is 0 Å². The van der Waals surface area contributed by atoms with E-state index in [2.05, 4.69) is 165 Å². The first-order valence-corrected chi connectivity index (χ1v) is 31.7. The third-order valence-electron chi connectivity index (χ3n) is 13.5. The Balaban J connectivity index is 3.66. The molecule has 0 bridgehead atoms. The van der Waals surface area contributed by atoms with Crippen LogP contribution >= 0.6 is 0 Å². The summed E-state index contributed by atoms with van der Waals surface area (Å²) in [6.07, 6.45) is 104. The monoisotopic (exact) mass is 1050 g/mol. The van der Waals surface area contributed by atoms with Crippen molar-refractivity contribution in [1.82, 2.24) is 5.32 Å². The van der Waals surface area contributed by atoms with Gasteiger partial charge in [-0.3, -0.25) is 4.79 Å². The van der Waals surface area contributed by atoms with Crippen molar-refractivity contribution in [2.75, 3.05) is 6.61 Å². The number of aliphatic hydroxyl groups is 2. The molecule has 4 nitrogen and oxygen atoms in total. The number of carbonyl (C=O) groups excluding carboxylic acids is 1. The van der Waals surface area contributed by atoms with Crippen LogP contribution in [0, 0.1) is 0 Å². The number of aliphatic hydroxyl groups excluding tert-OH is 2. The van der Waals surface area contributed by atoms with E-state index >= 15 is 0 Å². The number of unbranched alkanes of at least 4 members (excludes halogenated alkanes) is 25. The second-order valence-corrected chi connectivity index (χ2v) is 20.7. The van der Waals surface area contributed by atoms with E-state index in [-0.39, 0.29) is 12.5 Å². The van der Waals surface area contributed by atoms with Crippen molar-refractivity contribution in [3.8, 4) is 0 Å². The highest BCUT2D eigenvalue weighted by atomic mass is 16.3. The molecule has 430 valence electrons. The predicted octanol–water partition coefficient (Wildman–Crippen LogP) is 21.7. The van der Waals surface area contributed by atoms with E-state index in [9.17, 15) is 15.0 Å². The molecule has 0 aromatic rings. The molecule has 0 rings (SSSR count). The Morgan fingerprint density at radius 3 is 0.921 bits per heavy atom. The van der Waals surface area contributed by atoms with Crippen molar-refractivity contribution in [1.29, 1.82) is 0 Å². The van der Waals surface area contributed by atoms with Crippen molar-refractivity contribution in [2.45, 2.75) is 283 Å². The van der Waals surface area contributed by atoms with Crippen LogP contribution in [0.2, 0.25) is 0 Å². The zero-order valence-electron chi connectivity index (χ0n) is 49.5. The Bertz CT molecular complexity index is 1610. The van der Waals surface area contributed by atoms with Crippen LogP contribution < -0.4 is 5.32 Å².